The Morgan fingerprint density at radius 1 is 1.00 bits per heavy atom. The summed E-state index contributed by atoms with van der Waals surface area (Å²) in [5.74, 6) is 0.135. The number of carbonyl (C=O) groups excluding carboxylic acids is 2. The molecular formula is C29H27NO6. The molecule has 0 unspecified atom stereocenters. The molecule has 0 bridgehead atoms. The zero-order valence-corrected chi connectivity index (χ0v) is 20.4. The average molecular weight is 486 g/mol. The van der Waals surface area contributed by atoms with Crippen molar-refractivity contribution in [2.24, 2.45) is 0 Å². The molecule has 0 spiro atoms. The molecule has 7 heteroatoms. The van der Waals surface area contributed by atoms with Gasteiger partial charge < -0.3 is 24.2 Å². The van der Waals surface area contributed by atoms with Gasteiger partial charge in [-0.05, 0) is 53.9 Å². The maximum Gasteiger partial charge on any atom is 0.295 e. The van der Waals surface area contributed by atoms with E-state index in [0.717, 1.165) is 16.9 Å². The van der Waals surface area contributed by atoms with Crippen molar-refractivity contribution in [3.8, 4) is 17.2 Å². The standard InChI is InChI=1S/C29H27NO6/c1-17-13-21-14-20(10-11-22(21)36-17)27(31)25-26(19-9-12-23(34-2)24(15-19)35-3)30(29(33)28(25)32)16-18-7-5-4-6-8-18/h4-12,14-15,17,26,31H,13,16H2,1-3H3/t17-,26+/m0/s1. The summed E-state index contributed by atoms with van der Waals surface area (Å²) >= 11 is 0. The second-order valence-electron chi connectivity index (χ2n) is 8.98. The fraction of sp³-hybridized carbons (Fsp3) is 0.241. The van der Waals surface area contributed by atoms with Crippen LogP contribution in [-0.4, -0.2) is 42.0 Å². The van der Waals surface area contributed by atoms with Crippen LogP contribution in [0.15, 0.2) is 72.3 Å². The molecule has 7 nitrogen and oxygen atoms in total. The smallest absolute Gasteiger partial charge is 0.295 e. The number of aliphatic hydroxyl groups excluding tert-OH is 1. The average Bonchev–Trinajstić information content (AvgIpc) is 3.39. The van der Waals surface area contributed by atoms with E-state index in [1.807, 2.05) is 43.3 Å². The zero-order chi connectivity index (χ0) is 25.4. The minimum atomic E-state index is -0.812. The molecule has 1 N–H and O–H groups in total. The molecule has 1 amide bonds. The number of hydrogen-bond acceptors (Lipinski definition) is 6. The first-order chi connectivity index (χ1) is 17.4. The summed E-state index contributed by atoms with van der Waals surface area (Å²) in [6.45, 7) is 2.18. The van der Waals surface area contributed by atoms with Gasteiger partial charge in [0, 0.05) is 18.5 Å². The maximum absolute atomic E-state index is 13.4. The van der Waals surface area contributed by atoms with Crippen molar-refractivity contribution in [3.63, 3.8) is 0 Å². The summed E-state index contributed by atoms with van der Waals surface area (Å²) in [5.41, 5.74) is 2.95. The number of amides is 1. The molecule has 2 aliphatic heterocycles. The van der Waals surface area contributed by atoms with E-state index in [4.69, 9.17) is 14.2 Å². The molecule has 0 radical (unpaired) electrons. The molecule has 5 rings (SSSR count). The number of fused-ring (bicyclic) bond motifs is 1. The number of hydrogen-bond donors (Lipinski definition) is 1. The lowest BCUT2D eigenvalue weighted by Gasteiger charge is -2.26. The minimum absolute atomic E-state index is 0.0371. The van der Waals surface area contributed by atoms with Crippen LogP contribution in [0.1, 0.15) is 35.2 Å². The number of methoxy groups -OCH3 is 2. The third-order valence-corrected chi connectivity index (χ3v) is 6.63. The Morgan fingerprint density at radius 2 is 1.75 bits per heavy atom. The Hall–Kier alpha value is -4.26. The molecular weight excluding hydrogens is 458 g/mol. The van der Waals surface area contributed by atoms with E-state index in [1.54, 1.807) is 30.3 Å². The molecule has 3 aromatic carbocycles. The summed E-state index contributed by atoms with van der Waals surface area (Å²) in [7, 11) is 3.06. The molecule has 36 heavy (non-hydrogen) atoms. The lowest BCUT2D eigenvalue weighted by molar-refractivity contribution is -0.140. The number of ether oxygens (including phenoxy) is 3. The van der Waals surface area contributed by atoms with Crippen LogP contribution in [0, 0.1) is 0 Å². The van der Waals surface area contributed by atoms with Crippen molar-refractivity contribution in [2.75, 3.05) is 14.2 Å². The monoisotopic (exact) mass is 485 g/mol. The topological polar surface area (TPSA) is 85.3 Å². The number of ketones is 1. The van der Waals surface area contributed by atoms with Gasteiger partial charge in [0.05, 0.1) is 25.8 Å². The number of benzene rings is 3. The van der Waals surface area contributed by atoms with E-state index in [-0.39, 0.29) is 24.0 Å². The van der Waals surface area contributed by atoms with Gasteiger partial charge in [0.25, 0.3) is 11.7 Å². The highest BCUT2D eigenvalue weighted by molar-refractivity contribution is 6.46. The first kappa shape index (κ1) is 23.5. The van der Waals surface area contributed by atoms with Crippen LogP contribution in [0.4, 0.5) is 0 Å². The van der Waals surface area contributed by atoms with Gasteiger partial charge in [-0.1, -0.05) is 36.4 Å². The summed E-state index contributed by atoms with van der Waals surface area (Å²) < 4.78 is 16.6. The number of Topliss-reactive ketones (excluding diaryl/α,β-unsaturated/α-hetero) is 1. The van der Waals surface area contributed by atoms with Crippen LogP contribution in [0.5, 0.6) is 17.2 Å². The van der Waals surface area contributed by atoms with Crippen LogP contribution < -0.4 is 14.2 Å². The molecule has 2 heterocycles. The second kappa shape index (κ2) is 9.41. The Kier molecular flexibility index (Phi) is 6.14. The van der Waals surface area contributed by atoms with E-state index >= 15 is 0 Å². The van der Waals surface area contributed by atoms with Crippen LogP contribution in [0.3, 0.4) is 0 Å². The minimum Gasteiger partial charge on any atom is -0.507 e. The third-order valence-electron chi connectivity index (χ3n) is 6.63. The Balaban J connectivity index is 1.65. The molecule has 0 saturated carbocycles. The molecule has 184 valence electrons. The quantitative estimate of drug-likeness (QED) is 0.311. The fourth-order valence-electron chi connectivity index (χ4n) is 4.92. The van der Waals surface area contributed by atoms with Crippen LogP contribution in [0.2, 0.25) is 0 Å². The van der Waals surface area contributed by atoms with Gasteiger partial charge >= 0.3 is 0 Å². The summed E-state index contributed by atoms with van der Waals surface area (Å²) in [5, 5.41) is 11.4. The normalized spacial score (nSPS) is 20.2. The summed E-state index contributed by atoms with van der Waals surface area (Å²) in [6, 6.07) is 19.2. The van der Waals surface area contributed by atoms with Crippen molar-refractivity contribution in [1.82, 2.24) is 4.90 Å². The predicted octanol–water partition coefficient (Wildman–Crippen LogP) is 4.65. The van der Waals surface area contributed by atoms with Crippen molar-refractivity contribution < 1.29 is 28.9 Å². The van der Waals surface area contributed by atoms with Gasteiger partial charge in [-0.2, -0.15) is 0 Å². The van der Waals surface area contributed by atoms with Crippen molar-refractivity contribution in [2.45, 2.75) is 32.0 Å². The Morgan fingerprint density at radius 3 is 2.47 bits per heavy atom. The highest BCUT2D eigenvalue weighted by atomic mass is 16.5. The molecule has 1 fully saturated rings. The van der Waals surface area contributed by atoms with E-state index in [0.29, 0.717) is 29.0 Å². The summed E-state index contributed by atoms with van der Waals surface area (Å²) in [4.78, 5) is 28.2. The predicted molar refractivity (Wildman–Crippen MR) is 134 cm³/mol. The number of carbonyl (C=O) groups is 2. The number of nitrogens with zero attached hydrogens (tertiary/aromatic N) is 1. The van der Waals surface area contributed by atoms with E-state index in [1.165, 1.54) is 19.1 Å². The highest BCUT2D eigenvalue weighted by Gasteiger charge is 2.46. The van der Waals surface area contributed by atoms with Crippen LogP contribution in [0.25, 0.3) is 5.76 Å². The highest BCUT2D eigenvalue weighted by Crippen LogP contribution is 2.43. The first-order valence-electron chi connectivity index (χ1n) is 11.8. The lowest BCUT2D eigenvalue weighted by Crippen LogP contribution is -2.29. The van der Waals surface area contributed by atoms with Gasteiger partial charge in [0.1, 0.15) is 17.6 Å². The second-order valence-corrected chi connectivity index (χ2v) is 8.98. The van der Waals surface area contributed by atoms with Crippen molar-refractivity contribution >= 4 is 17.4 Å². The van der Waals surface area contributed by atoms with Gasteiger partial charge in [0.2, 0.25) is 0 Å². The molecule has 0 aromatic heterocycles. The molecule has 2 atom stereocenters. The molecule has 2 aliphatic rings. The van der Waals surface area contributed by atoms with Crippen LogP contribution >= 0.6 is 0 Å². The lowest BCUT2D eigenvalue weighted by atomic mass is 9.94. The molecule has 1 saturated heterocycles. The van der Waals surface area contributed by atoms with E-state index in [2.05, 4.69) is 0 Å². The zero-order valence-electron chi connectivity index (χ0n) is 20.4. The van der Waals surface area contributed by atoms with E-state index < -0.39 is 17.7 Å². The fourth-order valence-corrected chi connectivity index (χ4v) is 4.92. The number of rotatable bonds is 6. The molecule has 0 aliphatic carbocycles. The maximum atomic E-state index is 13.4. The largest absolute Gasteiger partial charge is 0.507 e. The van der Waals surface area contributed by atoms with E-state index in [9.17, 15) is 14.7 Å². The Bertz CT molecular complexity index is 1360. The third kappa shape index (κ3) is 4.06. The number of likely N-dealkylation sites (tertiary alicyclic amines) is 1. The van der Waals surface area contributed by atoms with Crippen molar-refractivity contribution in [3.05, 3.63) is 94.6 Å². The van der Waals surface area contributed by atoms with Gasteiger partial charge in [-0.3, -0.25) is 9.59 Å². The SMILES string of the molecule is COc1ccc([C@@H]2C(=C(O)c3ccc4c(c3)C[C@H](C)O4)C(=O)C(=O)N2Cc2ccccc2)cc1OC. The number of aliphatic hydroxyl groups is 1. The Labute approximate surface area is 209 Å². The van der Waals surface area contributed by atoms with Crippen molar-refractivity contribution in [1.29, 1.82) is 0 Å². The van der Waals surface area contributed by atoms with Crippen LogP contribution in [-0.2, 0) is 22.6 Å². The first-order valence-corrected chi connectivity index (χ1v) is 11.8. The summed E-state index contributed by atoms with van der Waals surface area (Å²) in [6.07, 6.45) is 0.748. The van der Waals surface area contributed by atoms with Gasteiger partial charge in [-0.25, -0.2) is 0 Å². The molecule has 3 aromatic rings. The van der Waals surface area contributed by atoms with Gasteiger partial charge in [0.15, 0.2) is 11.5 Å². The van der Waals surface area contributed by atoms with Gasteiger partial charge in [-0.15, -0.1) is 0 Å².